The van der Waals surface area contributed by atoms with Gasteiger partial charge in [0.25, 0.3) is 0 Å². The number of unbranched alkanes of at least 4 members (excludes halogenated alkanes) is 1. The summed E-state index contributed by atoms with van der Waals surface area (Å²) in [6.07, 6.45) is 7.00. The van der Waals surface area contributed by atoms with Crippen molar-refractivity contribution in [2.45, 2.75) is 32.3 Å². The summed E-state index contributed by atoms with van der Waals surface area (Å²) in [6.45, 7) is 2.94. The van der Waals surface area contributed by atoms with Crippen LogP contribution in [0.4, 0.5) is 0 Å². The fourth-order valence-corrected chi connectivity index (χ4v) is 2.75. The molecule has 1 aromatic rings. The molecule has 0 aromatic heterocycles. The summed E-state index contributed by atoms with van der Waals surface area (Å²) >= 11 is 0. The molecule has 1 saturated heterocycles. The number of carboxylic acid groups (broad SMARTS) is 1. The van der Waals surface area contributed by atoms with Crippen molar-refractivity contribution in [2.24, 2.45) is 11.8 Å². The van der Waals surface area contributed by atoms with E-state index >= 15 is 0 Å². The summed E-state index contributed by atoms with van der Waals surface area (Å²) in [6, 6.07) is 10.2. The van der Waals surface area contributed by atoms with Gasteiger partial charge in [-0.2, -0.15) is 0 Å². The Morgan fingerprint density at radius 1 is 1.22 bits per heavy atom. The van der Waals surface area contributed by atoms with Crippen LogP contribution >= 0.6 is 0 Å². The van der Waals surface area contributed by atoms with E-state index in [1.54, 1.807) is 0 Å². The first kappa shape index (κ1) is 17.7. The normalized spacial score (nSPS) is 21.0. The predicted octanol–water partition coefficient (Wildman–Crippen LogP) is 3.67. The van der Waals surface area contributed by atoms with Gasteiger partial charge in [0.2, 0.25) is 0 Å². The number of hydrogen-bond acceptors (Lipinski definition) is 3. The Morgan fingerprint density at radius 3 is 2.78 bits per heavy atom. The molecule has 1 heterocycles. The fourth-order valence-electron chi connectivity index (χ4n) is 2.75. The number of carbonyl (C=O) groups is 1. The summed E-state index contributed by atoms with van der Waals surface area (Å²) in [5.74, 6) is 0.224. The molecule has 0 spiro atoms. The first-order chi connectivity index (χ1) is 11.3. The molecule has 1 N–H and O–H groups in total. The van der Waals surface area contributed by atoms with E-state index in [2.05, 4.69) is 24.3 Å². The minimum atomic E-state index is -0.724. The van der Waals surface area contributed by atoms with Crippen LogP contribution in [0.5, 0.6) is 0 Å². The van der Waals surface area contributed by atoms with Crippen molar-refractivity contribution in [2.75, 3.05) is 19.8 Å². The van der Waals surface area contributed by atoms with E-state index in [1.165, 1.54) is 5.56 Å². The molecule has 0 unspecified atom stereocenters. The Balaban J connectivity index is 1.62. The maximum Gasteiger partial charge on any atom is 0.303 e. The van der Waals surface area contributed by atoms with E-state index in [0.717, 1.165) is 32.7 Å². The highest BCUT2D eigenvalue weighted by Crippen LogP contribution is 2.25. The summed E-state index contributed by atoms with van der Waals surface area (Å²) in [5, 5.41) is 8.59. The quantitative estimate of drug-likeness (QED) is 0.528. The van der Waals surface area contributed by atoms with Crippen molar-refractivity contribution in [3.8, 4) is 0 Å². The number of aliphatic carboxylic acids is 1. The molecule has 1 aromatic carbocycles. The lowest BCUT2D eigenvalue weighted by molar-refractivity contribution is -0.137. The minimum absolute atomic E-state index is 0.243. The van der Waals surface area contributed by atoms with Crippen molar-refractivity contribution in [1.82, 2.24) is 0 Å². The molecule has 0 saturated carbocycles. The highest BCUT2D eigenvalue weighted by molar-refractivity contribution is 5.66. The van der Waals surface area contributed by atoms with Gasteiger partial charge in [0.15, 0.2) is 0 Å². The van der Waals surface area contributed by atoms with Crippen LogP contribution in [0.2, 0.25) is 0 Å². The molecule has 4 heteroatoms. The van der Waals surface area contributed by atoms with Gasteiger partial charge in [-0.25, -0.2) is 0 Å². The van der Waals surface area contributed by atoms with Crippen molar-refractivity contribution in [3.05, 3.63) is 48.0 Å². The zero-order chi connectivity index (χ0) is 16.3. The average molecular weight is 318 g/mol. The molecular formula is C19H26O4. The van der Waals surface area contributed by atoms with Crippen LogP contribution in [-0.4, -0.2) is 30.9 Å². The molecule has 0 aliphatic carbocycles. The number of carboxylic acids is 1. The second-order valence-corrected chi connectivity index (χ2v) is 6.05. The highest BCUT2D eigenvalue weighted by atomic mass is 16.5. The van der Waals surface area contributed by atoms with Gasteiger partial charge < -0.3 is 14.6 Å². The van der Waals surface area contributed by atoms with Crippen LogP contribution in [0.25, 0.3) is 0 Å². The van der Waals surface area contributed by atoms with E-state index in [4.69, 9.17) is 14.6 Å². The Labute approximate surface area is 138 Å². The number of rotatable bonds is 10. The molecule has 0 radical (unpaired) electrons. The van der Waals surface area contributed by atoms with Gasteiger partial charge in [-0.05, 0) is 30.7 Å². The third-order valence-electron chi connectivity index (χ3n) is 4.14. The standard InChI is InChI=1S/C19H26O4/c20-19(21)11-7-2-1-6-10-17-13-23-15-18(17)14-22-12-16-8-4-3-5-9-16/h1,3-6,8-9,17-18H,2,7,10-15H2,(H,20,21)/b6-1-/t17-,18+/m0/s1. The van der Waals surface area contributed by atoms with E-state index in [-0.39, 0.29) is 6.42 Å². The van der Waals surface area contributed by atoms with Gasteiger partial charge in [0.1, 0.15) is 0 Å². The molecule has 4 nitrogen and oxygen atoms in total. The zero-order valence-corrected chi connectivity index (χ0v) is 13.5. The maximum absolute atomic E-state index is 10.4. The lowest BCUT2D eigenvalue weighted by atomic mass is 9.93. The summed E-state index contributed by atoms with van der Waals surface area (Å²) in [4.78, 5) is 10.4. The number of ether oxygens (including phenoxy) is 2. The molecule has 2 rings (SSSR count). The molecule has 2 atom stereocenters. The van der Waals surface area contributed by atoms with Gasteiger partial charge in [0.05, 0.1) is 26.4 Å². The van der Waals surface area contributed by atoms with Gasteiger partial charge >= 0.3 is 5.97 Å². The summed E-state index contributed by atoms with van der Waals surface area (Å²) in [5.41, 5.74) is 1.20. The van der Waals surface area contributed by atoms with Crippen molar-refractivity contribution in [3.63, 3.8) is 0 Å². The largest absolute Gasteiger partial charge is 0.481 e. The molecule has 1 aliphatic rings. The third kappa shape index (κ3) is 6.97. The van der Waals surface area contributed by atoms with Crippen LogP contribution in [-0.2, 0) is 20.9 Å². The van der Waals surface area contributed by atoms with Crippen molar-refractivity contribution < 1.29 is 19.4 Å². The Morgan fingerprint density at radius 2 is 2.00 bits per heavy atom. The van der Waals surface area contributed by atoms with E-state index < -0.39 is 5.97 Å². The van der Waals surface area contributed by atoms with Crippen LogP contribution in [0.1, 0.15) is 31.2 Å². The lowest BCUT2D eigenvalue weighted by Crippen LogP contribution is -2.18. The topological polar surface area (TPSA) is 55.8 Å². The molecule has 23 heavy (non-hydrogen) atoms. The maximum atomic E-state index is 10.4. The Kier molecular flexibility index (Phi) is 7.84. The van der Waals surface area contributed by atoms with E-state index in [9.17, 15) is 4.79 Å². The molecule has 1 aliphatic heterocycles. The molecule has 126 valence electrons. The van der Waals surface area contributed by atoms with Gasteiger partial charge in [-0.1, -0.05) is 42.5 Å². The first-order valence-electron chi connectivity index (χ1n) is 8.32. The van der Waals surface area contributed by atoms with Crippen LogP contribution in [0.3, 0.4) is 0 Å². The summed E-state index contributed by atoms with van der Waals surface area (Å²) in [7, 11) is 0. The Bertz CT molecular complexity index is 483. The third-order valence-corrected chi connectivity index (χ3v) is 4.14. The van der Waals surface area contributed by atoms with Crippen molar-refractivity contribution >= 4 is 5.97 Å². The predicted molar refractivity (Wildman–Crippen MR) is 89.1 cm³/mol. The SMILES string of the molecule is O=C(O)CCC/C=C\C[C@H]1COC[C@H]1COCc1ccccc1. The van der Waals surface area contributed by atoms with E-state index in [0.29, 0.717) is 24.9 Å². The van der Waals surface area contributed by atoms with Gasteiger partial charge in [0, 0.05) is 12.3 Å². The number of benzene rings is 1. The molecular weight excluding hydrogens is 292 g/mol. The Hall–Kier alpha value is -1.65. The molecule has 0 amide bonds. The van der Waals surface area contributed by atoms with Gasteiger partial charge in [-0.3, -0.25) is 4.79 Å². The first-order valence-corrected chi connectivity index (χ1v) is 8.32. The summed E-state index contributed by atoms with van der Waals surface area (Å²) < 4.78 is 11.4. The minimum Gasteiger partial charge on any atom is -0.481 e. The second-order valence-electron chi connectivity index (χ2n) is 6.05. The number of hydrogen-bond donors (Lipinski definition) is 1. The lowest BCUT2D eigenvalue weighted by Gasteiger charge is -2.16. The van der Waals surface area contributed by atoms with Crippen LogP contribution in [0, 0.1) is 11.8 Å². The van der Waals surface area contributed by atoms with Crippen LogP contribution < -0.4 is 0 Å². The van der Waals surface area contributed by atoms with Crippen LogP contribution in [0.15, 0.2) is 42.5 Å². The fraction of sp³-hybridized carbons (Fsp3) is 0.526. The van der Waals surface area contributed by atoms with E-state index in [1.807, 2.05) is 18.2 Å². The average Bonchev–Trinajstić information content (AvgIpc) is 2.99. The highest BCUT2D eigenvalue weighted by Gasteiger charge is 2.27. The molecule has 0 bridgehead atoms. The molecule has 1 fully saturated rings. The smallest absolute Gasteiger partial charge is 0.303 e. The van der Waals surface area contributed by atoms with Gasteiger partial charge in [-0.15, -0.1) is 0 Å². The zero-order valence-electron chi connectivity index (χ0n) is 13.5. The monoisotopic (exact) mass is 318 g/mol. The van der Waals surface area contributed by atoms with Crippen molar-refractivity contribution in [1.29, 1.82) is 0 Å². The number of allylic oxidation sites excluding steroid dienone is 2. The second kappa shape index (κ2) is 10.2.